The molecule has 0 radical (unpaired) electrons. The van der Waals surface area contributed by atoms with E-state index >= 15 is 0 Å². The lowest BCUT2D eigenvalue weighted by molar-refractivity contribution is -0.138. The third kappa shape index (κ3) is 8.19. The second-order valence-corrected chi connectivity index (χ2v) is 12.6. The Balaban J connectivity index is 1.42. The van der Waals surface area contributed by atoms with Crippen molar-refractivity contribution in [2.45, 2.75) is 63.7 Å². The quantitative estimate of drug-likeness (QED) is 0.222. The Morgan fingerprint density at radius 2 is 1.81 bits per heavy atom. The molecule has 11 heteroatoms. The Bertz CT molecular complexity index is 1650. The smallest absolute Gasteiger partial charge is 0.316 e. The zero-order valence-electron chi connectivity index (χ0n) is 27.9. The summed E-state index contributed by atoms with van der Waals surface area (Å²) < 4.78 is 0. The van der Waals surface area contributed by atoms with E-state index in [0.717, 1.165) is 43.7 Å². The third-order valence-corrected chi connectivity index (χ3v) is 9.37. The van der Waals surface area contributed by atoms with Gasteiger partial charge in [0, 0.05) is 49.6 Å². The van der Waals surface area contributed by atoms with Crippen LogP contribution in [0.2, 0.25) is 0 Å². The average Bonchev–Trinajstić information content (AvgIpc) is 3.11. The van der Waals surface area contributed by atoms with Gasteiger partial charge in [0.25, 0.3) is 0 Å². The van der Waals surface area contributed by atoms with Gasteiger partial charge in [-0.2, -0.15) is 5.26 Å². The van der Waals surface area contributed by atoms with Gasteiger partial charge in [-0.05, 0) is 88.5 Å². The maximum Gasteiger partial charge on any atom is 0.316 e. The summed E-state index contributed by atoms with van der Waals surface area (Å²) in [6.07, 6.45) is 5.55. The summed E-state index contributed by atoms with van der Waals surface area (Å²) in [4.78, 5) is 50.8. The summed E-state index contributed by atoms with van der Waals surface area (Å²) >= 11 is 0. The lowest BCUT2D eigenvalue weighted by atomic mass is 9.89. The fraction of sp³-hybridized carbons (Fsp3) is 0.378. The van der Waals surface area contributed by atoms with Crippen molar-refractivity contribution >= 4 is 40.6 Å². The summed E-state index contributed by atoms with van der Waals surface area (Å²) in [5.41, 5.74) is 3.35. The van der Waals surface area contributed by atoms with Crippen molar-refractivity contribution in [3.8, 4) is 6.07 Å². The maximum atomic E-state index is 14.1. The van der Waals surface area contributed by atoms with Crippen molar-refractivity contribution in [1.29, 1.82) is 5.26 Å². The molecule has 0 unspecified atom stereocenters. The van der Waals surface area contributed by atoms with Gasteiger partial charge in [0.15, 0.2) is 0 Å². The van der Waals surface area contributed by atoms with Crippen LogP contribution in [0.3, 0.4) is 0 Å². The highest BCUT2D eigenvalue weighted by Gasteiger charge is 2.35. The number of nitrogens with one attached hydrogen (secondary N) is 3. The molecule has 0 bridgehead atoms. The van der Waals surface area contributed by atoms with E-state index in [1.54, 1.807) is 29.3 Å². The molecule has 2 heterocycles. The predicted molar refractivity (Wildman–Crippen MR) is 189 cm³/mol. The van der Waals surface area contributed by atoms with Gasteiger partial charge in [-0.15, -0.1) is 0 Å². The first-order valence-corrected chi connectivity index (χ1v) is 16.5. The molecule has 1 aromatic heterocycles. The molecule has 2 atom stereocenters. The Morgan fingerprint density at radius 3 is 2.46 bits per heavy atom. The molecule has 2 aromatic carbocycles. The zero-order chi connectivity index (χ0) is 34.2. The Morgan fingerprint density at radius 1 is 1.06 bits per heavy atom. The van der Waals surface area contributed by atoms with Gasteiger partial charge < -0.3 is 30.7 Å². The van der Waals surface area contributed by atoms with Gasteiger partial charge in [-0.25, -0.2) is 4.98 Å². The van der Waals surface area contributed by atoms with Crippen LogP contribution in [-0.4, -0.2) is 72.4 Å². The summed E-state index contributed by atoms with van der Waals surface area (Å²) in [6.45, 7) is 10.1. The molecule has 5 rings (SSSR count). The number of amides is 3. The number of nitrogens with zero attached hydrogens (tertiary/aromatic N) is 5. The van der Waals surface area contributed by atoms with Crippen molar-refractivity contribution in [2.24, 2.45) is 0 Å². The fourth-order valence-electron chi connectivity index (χ4n) is 6.42. The number of likely N-dealkylation sites (N-methyl/N-ethyl adjacent to an activating group) is 1. The van der Waals surface area contributed by atoms with Crippen LogP contribution in [-0.2, 0) is 14.4 Å². The zero-order valence-corrected chi connectivity index (χ0v) is 27.9. The number of aromatic nitrogens is 1. The largest absolute Gasteiger partial charge is 0.367 e. The van der Waals surface area contributed by atoms with E-state index in [9.17, 15) is 14.4 Å². The number of carbonyl (C=O) groups excluding carboxylic acids is 3. The highest BCUT2D eigenvalue weighted by atomic mass is 16.2. The van der Waals surface area contributed by atoms with Crippen LogP contribution in [0.1, 0.15) is 56.7 Å². The minimum atomic E-state index is -0.693. The molecule has 1 aliphatic carbocycles. The van der Waals surface area contributed by atoms with Gasteiger partial charge in [0.1, 0.15) is 11.9 Å². The van der Waals surface area contributed by atoms with Gasteiger partial charge in [-0.1, -0.05) is 36.9 Å². The molecule has 0 spiro atoms. The van der Waals surface area contributed by atoms with E-state index in [-0.39, 0.29) is 24.0 Å². The van der Waals surface area contributed by atoms with E-state index in [0.29, 0.717) is 41.6 Å². The lowest BCUT2D eigenvalue weighted by Gasteiger charge is -2.40. The molecule has 3 N–H and O–H groups in total. The number of rotatable bonds is 9. The van der Waals surface area contributed by atoms with Gasteiger partial charge in [0.2, 0.25) is 5.91 Å². The first-order chi connectivity index (χ1) is 23.2. The molecule has 3 aromatic rings. The van der Waals surface area contributed by atoms with Gasteiger partial charge >= 0.3 is 11.8 Å². The number of pyridine rings is 1. The van der Waals surface area contributed by atoms with Crippen LogP contribution < -0.4 is 25.8 Å². The molecule has 250 valence electrons. The van der Waals surface area contributed by atoms with Crippen LogP contribution in [0.25, 0.3) is 0 Å². The normalized spacial score (nSPS) is 20.1. The fourth-order valence-corrected chi connectivity index (χ4v) is 6.42. The van der Waals surface area contributed by atoms with E-state index < -0.39 is 11.8 Å². The van der Waals surface area contributed by atoms with Crippen molar-refractivity contribution < 1.29 is 14.4 Å². The van der Waals surface area contributed by atoms with E-state index in [1.807, 2.05) is 49.4 Å². The number of hydrogen-bond donors (Lipinski definition) is 3. The van der Waals surface area contributed by atoms with Gasteiger partial charge in [0.05, 0.1) is 23.0 Å². The second-order valence-electron chi connectivity index (χ2n) is 12.6. The molecule has 48 heavy (non-hydrogen) atoms. The molecule has 2 fully saturated rings. The van der Waals surface area contributed by atoms with Crippen LogP contribution in [0.15, 0.2) is 79.5 Å². The van der Waals surface area contributed by atoms with Crippen LogP contribution >= 0.6 is 0 Å². The van der Waals surface area contributed by atoms with Crippen molar-refractivity contribution in [1.82, 2.24) is 15.2 Å². The Labute approximate surface area is 282 Å². The summed E-state index contributed by atoms with van der Waals surface area (Å²) in [5, 5.41) is 18.4. The van der Waals surface area contributed by atoms with Crippen molar-refractivity contribution in [3.05, 3.63) is 90.6 Å². The Hall–Kier alpha value is -5.21. The van der Waals surface area contributed by atoms with Crippen LogP contribution in [0.4, 0.5) is 22.9 Å². The standard InChI is InChI=1S/C37H44N8O3/c1-5-35(46)42-32-21-31(16-17-33(32)44-20-19-43(4)25(2)24-44)45(37(48)36(47)40-26(3)28-9-7-6-8-10-28)30-14-12-29(13-15-30)41-34-18-11-27(22-38)23-39-34/h5-11,16-18,21,23,25-26,29-30H,1,12-15,19-20,24H2,2-4H3,(H,39,41)(H,40,47)(H,42,46)/t25-,26+,29?,30?/m0/s1. The minimum absolute atomic E-state index is 0.120. The maximum absolute atomic E-state index is 14.1. The van der Waals surface area contributed by atoms with E-state index in [2.05, 4.69) is 57.4 Å². The van der Waals surface area contributed by atoms with Crippen LogP contribution in [0, 0.1) is 11.3 Å². The van der Waals surface area contributed by atoms with E-state index in [4.69, 9.17) is 5.26 Å². The summed E-state index contributed by atoms with van der Waals surface area (Å²) in [6, 6.07) is 20.6. The molecule has 1 saturated heterocycles. The van der Waals surface area contributed by atoms with Crippen LogP contribution in [0.5, 0.6) is 0 Å². The lowest BCUT2D eigenvalue weighted by Crippen LogP contribution is -2.51. The molecule has 1 saturated carbocycles. The molecule has 3 amide bonds. The number of hydrogen-bond acceptors (Lipinski definition) is 8. The molecular formula is C37H44N8O3. The molecule has 1 aliphatic heterocycles. The number of nitriles is 1. The number of anilines is 4. The molecule has 2 aliphatic rings. The number of benzene rings is 2. The highest BCUT2D eigenvalue weighted by molar-refractivity contribution is 6.40. The highest BCUT2D eigenvalue weighted by Crippen LogP contribution is 2.36. The molecule has 11 nitrogen and oxygen atoms in total. The SMILES string of the molecule is C=CC(=O)Nc1cc(N(C(=O)C(=O)N[C@H](C)c2ccccc2)C2CCC(Nc3ccc(C#N)cn3)CC2)ccc1N1CCN(C)[C@@H](C)C1. The minimum Gasteiger partial charge on any atom is -0.367 e. The van der Waals surface area contributed by atoms with Crippen molar-refractivity contribution in [3.63, 3.8) is 0 Å². The monoisotopic (exact) mass is 648 g/mol. The first-order valence-electron chi connectivity index (χ1n) is 16.5. The second kappa shape index (κ2) is 15.6. The first kappa shape index (κ1) is 34.1. The topological polar surface area (TPSA) is 134 Å². The summed E-state index contributed by atoms with van der Waals surface area (Å²) in [7, 11) is 2.10. The summed E-state index contributed by atoms with van der Waals surface area (Å²) in [5.74, 6) is -1.01. The Kier molecular flexibility index (Phi) is 11.1. The van der Waals surface area contributed by atoms with E-state index in [1.165, 1.54) is 6.08 Å². The average molecular weight is 649 g/mol. The molecular weight excluding hydrogens is 604 g/mol. The third-order valence-electron chi connectivity index (χ3n) is 9.37. The van der Waals surface area contributed by atoms with Crippen molar-refractivity contribution in [2.75, 3.05) is 47.1 Å². The number of carbonyl (C=O) groups is 3. The van der Waals surface area contributed by atoms with Gasteiger partial charge in [-0.3, -0.25) is 14.4 Å². The number of piperazine rings is 1. The predicted octanol–water partition coefficient (Wildman–Crippen LogP) is 4.85.